The van der Waals surface area contributed by atoms with Crippen molar-refractivity contribution in [3.8, 4) is 0 Å². The molecule has 0 aromatic carbocycles. The maximum Gasteiger partial charge on any atom is 0.125 e. The number of nitrogen functional groups attached to an aromatic ring is 1. The van der Waals surface area contributed by atoms with Crippen LogP contribution in [0.15, 0.2) is 18.3 Å². The van der Waals surface area contributed by atoms with Gasteiger partial charge in [0.1, 0.15) is 5.82 Å². The third kappa shape index (κ3) is 4.03. The van der Waals surface area contributed by atoms with E-state index in [0.717, 1.165) is 12.2 Å². The van der Waals surface area contributed by atoms with Crippen LogP contribution in [0, 0.1) is 0 Å². The first-order valence-corrected chi connectivity index (χ1v) is 5.66. The van der Waals surface area contributed by atoms with Crippen molar-refractivity contribution in [2.75, 3.05) is 29.6 Å². The second-order valence-electron chi connectivity index (χ2n) is 2.74. The van der Waals surface area contributed by atoms with Crippen molar-refractivity contribution in [2.24, 2.45) is 0 Å². The zero-order chi connectivity index (χ0) is 9.52. The lowest BCUT2D eigenvalue weighted by Crippen LogP contribution is -2.03. The van der Waals surface area contributed by atoms with Gasteiger partial charge in [0, 0.05) is 24.5 Å². The summed E-state index contributed by atoms with van der Waals surface area (Å²) in [6.07, 6.45) is 5.00. The number of nitrogens with zero attached hydrogens (tertiary/aromatic N) is 1. The van der Waals surface area contributed by atoms with E-state index in [-0.39, 0.29) is 0 Å². The fourth-order valence-corrected chi connectivity index (χ4v) is 1.44. The van der Waals surface area contributed by atoms with Crippen LogP contribution in [0.4, 0.5) is 11.5 Å². The normalized spacial score (nSPS) is 9.92. The largest absolute Gasteiger partial charge is 0.385 e. The van der Waals surface area contributed by atoms with E-state index >= 15 is 0 Å². The maximum atomic E-state index is 5.53. The van der Waals surface area contributed by atoms with Crippen molar-refractivity contribution in [1.29, 1.82) is 0 Å². The number of nitrogens with one attached hydrogen (secondary N) is 1. The zero-order valence-corrected chi connectivity index (χ0v) is 8.60. The first-order chi connectivity index (χ1) is 6.33. The molecule has 0 bridgehead atoms. The first kappa shape index (κ1) is 10.2. The number of hydrogen-bond acceptors (Lipinski definition) is 4. The van der Waals surface area contributed by atoms with Gasteiger partial charge in [-0.05, 0) is 24.5 Å². The standard InChI is InChI=1S/C9H15N3S/c1-13-6-2-4-11-8-3-5-12-9(10)7-8/h3,5,7H,2,4,6H2,1H3,(H3,10,11,12). The Kier molecular flexibility index (Phi) is 4.46. The molecule has 0 amide bonds. The summed E-state index contributed by atoms with van der Waals surface area (Å²) in [6.45, 7) is 0.990. The molecule has 13 heavy (non-hydrogen) atoms. The first-order valence-electron chi connectivity index (χ1n) is 4.27. The van der Waals surface area contributed by atoms with E-state index in [4.69, 9.17) is 5.73 Å². The predicted octanol–water partition coefficient (Wildman–Crippen LogP) is 1.83. The summed E-state index contributed by atoms with van der Waals surface area (Å²) in [6, 6.07) is 3.77. The second kappa shape index (κ2) is 5.70. The molecule has 0 fully saturated rings. The van der Waals surface area contributed by atoms with Crippen molar-refractivity contribution in [2.45, 2.75) is 6.42 Å². The minimum absolute atomic E-state index is 0.565. The molecule has 0 aliphatic rings. The summed E-state index contributed by atoms with van der Waals surface area (Å²) < 4.78 is 0. The van der Waals surface area contributed by atoms with Gasteiger partial charge in [-0.15, -0.1) is 0 Å². The van der Waals surface area contributed by atoms with Gasteiger partial charge in [-0.2, -0.15) is 11.8 Å². The molecule has 3 nitrogen and oxygen atoms in total. The molecule has 1 aromatic heterocycles. The average molecular weight is 197 g/mol. The summed E-state index contributed by atoms with van der Waals surface area (Å²) in [5, 5.41) is 3.29. The predicted molar refractivity (Wildman–Crippen MR) is 60.1 cm³/mol. The van der Waals surface area contributed by atoms with Gasteiger partial charge in [0.15, 0.2) is 0 Å². The van der Waals surface area contributed by atoms with E-state index in [1.54, 1.807) is 6.20 Å². The van der Waals surface area contributed by atoms with Gasteiger partial charge < -0.3 is 11.1 Å². The van der Waals surface area contributed by atoms with E-state index in [1.165, 1.54) is 12.2 Å². The fourth-order valence-electron chi connectivity index (χ4n) is 1.01. The molecule has 3 N–H and O–H groups in total. The van der Waals surface area contributed by atoms with Crippen LogP contribution < -0.4 is 11.1 Å². The Labute approximate surface area is 83.1 Å². The molecular weight excluding hydrogens is 182 g/mol. The van der Waals surface area contributed by atoms with Crippen molar-refractivity contribution in [3.05, 3.63) is 18.3 Å². The van der Waals surface area contributed by atoms with Crippen molar-refractivity contribution in [1.82, 2.24) is 4.98 Å². The average Bonchev–Trinajstić information content (AvgIpc) is 2.13. The molecule has 1 heterocycles. The fraction of sp³-hybridized carbons (Fsp3) is 0.444. The SMILES string of the molecule is CSCCCNc1ccnc(N)c1. The van der Waals surface area contributed by atoms with E-state index in [2.05, 4.69) is 16.6 Å². The molecule has 4 heteroatoms. The van der Waals surface area contributed by atoms with Crippen LogP contribution in [0.3, 0.4) is 0 Å². The molecule has 0 atom stereocenters. The van der Waals surface area contributed by atoms with E-state index in [1.807, 2.05) is 23.9 Å². The van der Waals surface area contributed by atoms with E-state index < -0.39 is 0 Å². The summed E-state index contributed by atoms with van der Waals surface area (Å²) in [5.41, 5.74) is 6.58. The Morgan fingerprint density at radius 2 is 2.46 bits per heavy atom. The zero-order valence-electron chi connectivity index (χ0n) is 7.79. The second-order valence-corrected chi connectivity index (χ2v) is 3.73. The number of hydrogen-bond donors (Lipinski definition) is 2. The Morgan fingerprint density at radius 3 is 3.15 bits per heavy atom. The van der Waals surface area contributed by atoms with Crippen LogP contribution in [0.5, 0.6) is 0 Å². The lowest BCUT2D eigenvalue weighted by molar-refractivity contribution is 0.992. The number of rotatable bonds is 5. The monoisotopic (exact) mass is 197 g/mol. The van der Waals surface area contributed by atoms with Gasteiger partial charge in [-0.25, -0.2) is 4.98 Å². The third-order valence-corrected chi connectivity index (χ3v) is 2.33. The summed E-state index contributed by atoms with van der Waals surface area (Å²) in [7, 11) is 0. The third-order valence-electron chi connectivity index (χ3n) is 1.64. The lowest BCUT2D eigenvalue weighted by Gasteiger charge is -2.05. The van der Waals surface area contributed by atoms with Crippen molar-refractivity contribution >= 4 is 23.3 Å². The van der Waals surface area contributed by atoms with Gasteiger partial charge in [-0.3, -0.25) is 0 Å². The van der Waals surface area contributed by atoms with E-state index in [9.17, 15) is 0 Å². The lowest BCUT2D eigenvalue weighted by atomic mass is 10.3. The molecule has 0 spiro atoms. The Morgan fingerprint density at radius 1 is 1.62 bits per heavy atom. The molecule has 0 aliphatic carbocycles. The quantitative estimate of drug-likeness (QED) is 0.707. The van der Waals surface area contributed by atoms with Gasteiger partial charge in [0.2, 0.25) is 0 Å². The smallest absolute Gasteiger partial charge is 0.125 e. The van der Waals surface area contributed by atoms with Crippen LogP contribution >= 0.6 is 11.8 Å². The molecule has 0 aliphatic heterocycles. The molecule has 1 rings (SSSR count). The van der Waals surface area contributed by atoms with Crippen LogP contribution in [0.1, 0.15) is 6.42 Å². The molecule has 1 aromatic rings. The minimum atomic E-state index is 0.565. The topological polar surface area (TPSA) is 50.9 Å². The highest BCUT2D eigenvalue weighted by molar-refractivity contribution is 7.98. The summed E-state index contributed by atoms with van der Waals surface area (Å²) in [4.78, 5) is 3.92. The van der Waals surface area contributed by atoms with Gasteiger partial charge in [0.25, 0.3) is 0 Å². The molecule has 0 saturated heterocycles. The Balaban J connectivity index is 2.28. The highest BCUT2D eigenvalue weighted by atomic mass is 32.2. The van der Waals surface area contributed by atoms with Crippen molar-refractivity contribution in [3.63, 3.8) is 0 Å². The van der Waals surface area contributed by atoms with Crippen LogP contribution in [-0.4, -0.2) is 23.5 Å². The minimum Gasteiger partial charge on any atom is -0.385 e. The maximum absolute atomic E-state index is 5.53. The number of aromatic nitrogens is 1. The van der Waals surface area contributed by atoms with Crippen molar-refractivity contribution < 1.29 is 0 Å². The number of anilines is 2. The molecule has 72 valence electrons. The molecule has 0 saturated carbocycles. The van der Waals surface area contributed by atoms with Gasteiger partial charge in [-0.1, -0.05) is 0 Å². The molecule has 0 radical (unpaired) electrons. The number of pyridine rings is 1. The van der Waals surface area contributed by atoms with Gasteiger partial charge in [0.05, 0.1) is 0 Å². The highest BCUT2D eigenvalue weighted by Crippen LogP contribution is 2.08. The molecular formula is C9H15N3S. The van der Waals surface area contributed by atoms with Gasteiger partial charge >= 0.3 is 0 Å². The van der Waals surface area contributed by atoms with Crippen LogP contribution in [0.25, 0.3) is 0 Å². The van der Waals surface area contributed by atoms with E-state index in [0.29, 0.717) is 5.82 Å². The Bertz CT molecular complexity index is 252. The van der Waals surface area contributed by atoms with Crippen LogP contribution in [0.2, 0.25) is 0 Å². The highest BCUT2D eigenvalue weighted by Gasteiger charge is 1.92. The number of thioether (sulfide) groups is 1. The summed E-state index contributed by atoms with van der Waals surface area (Å²) >= 11 is 1.86. The van der Waals surface area contributed by atoms with Crippen LogP contribution in [-0.2, 0) is 0 Å². The number of nitrogens with two attached hydrogens (primary N) is 1. The summed E-state index contributed by atoms with van der Waals surface area (Å²) in [5.74, 6) is 1.75. The Hall–Kier alpha value is -0.900. The molecule has 0 unspecified atom stereocenters.